The number of nitrogens with zero attached hydrogens (tertiary/aromatic N) is 3. The molecule has 0 amide bonds. The van der Waals surface area contributed by atoms with Crippen molar-refractivity contribution in [3.8, 4) is 17.5 Å². The molecule has 0 aliphatic rings. The van der Waals surface area contributed by atoms with Crippen molar-refractivity contribution in [2.45, 2.75) is 6.61 Å². The van der Waals surface area contributed by atoms with Gasteiger partial charge in [0.15, 0.2) is 0 Å². The molecule has 0 spiro atoms. The smallest absolute Gasteiger partial charge is 0.444 e. The number of halogens is 1. The van der Waals surface area contributed by atoms with E-state index in [1.54, 1.807) is 0 Å². The first-order chi connectivity index (χ1) is 12.5. The fourth-order valence-electron chi connectivity index (χ4n) is 2.16. The van der Waals surface area contributed by atoms with E-state index in [2.05, 4.69) is 5.10 Å². The van der Waals surface area contributed by atoms with Gasteiger partial charge in [0.2, 0.25) is 0 Å². The van der Waals surface area contributed by atoms with E-state index in [1.165, 1.54) is 49.6 Å². The van der Waals surface area contributed by atoms with Crippen molar-refractivity contribution in [1.29, 1.82) is 0 Å². The first-order valence-electron chi connectivity index (χ1n) is 7.30. The number of hydrogen-bond acceptors (Lipinski definition) is 8. The zero-order valence-electron chi connectivity index (χ0n) is 13.5. The molecule has 10 heteroatoms. The Kier molecular flexibility index (Phi) is 4.87. The van der Waals surface area contributed by atoms with Crippen LogP contribution in [0.5, 0.6) is 11.8 Å². The van der Waals surface area contributed by atoms with Crippen molar-refractivity contribution in [2.24, 2.45) is 0 Å². The Morgan fingerprint density at radius 3 is 2.65 bits per heavy atom. The molecule has 1 heterocycles. The van der Waals surface area contributed by atoms with E-state index in [0.29, 0.717) is 5.56 Å². The van der Waals surface area contributed by atoms with Crippen molar-refractivity contribution in [2.75, 3.05) is 12.3 Å². The molecule has 9 nitrogen and oxygen atoms in total. The highest BCUT2D eigenvalue weighted by atomic mass is 19.1. The summed E-state index contributed by atoms with van der Waals surface area (Å²) in [4.78, 5) is 11.8. The van der Waals surface area contributed by atoms with Crippen LogP contribution < -0.4 is 20.5 Å². The Morgan fingerprint density at radius 1 is 1.31 bits per heavy atom. The van der Waals surface area contributed by atoms with E-state index >= 15 is 0 Å². The third-order valence-electron chi connectivity index (χ3n) is 3.41. The standard InChI is InChI=1S/C16H13FN3O6/c1-24-15-18-19(16(21)26-15)12-6-7-13(20(22)23)14(8-12)25-9-10-2-4-11(17)5-3-10/h2-8,22H,9H2,1H3/q-1. The van der Waals surface area contributed by atoms with Gasteiger partial charge in [-0.3, -0.25) is 5.21 Å². The molecule has 0 saturated heterocycles. The van der Waals surface area contributed by atoms with Crippen LogP contribution in [0.15, 0.2) is 51.7 Å². The van der Waals surface area contributed by atoms with Crippen LogP contribution in [0.1, 0.15) is 5.56 Å². The van der Waals surface area contributed by atoms with Crippen LogP contribution in [0.4, 0.5) is 10.1 Å². The second kappa shape index (κ2) is 7.25. The summed E-state index contributed by atoms with van der Waals surface area (Å²) in [6, 6.07) is 9.50. The number of ether oxygens (including phenoxy) is 2. The summed E-state index contributed by atoms with van der Waals surface area (Å²) in [5.41, 5.74) is 0.680. The molecule has 0 unspecified atom stereocenters. The molecule has 2 aromatic carbocycles. The van der Waals surface area contributed by atoms with E-state index in [4.69, 9.17) is 13.9 Å². The molecular weight excluding hydrogens is 349 g/mol. The zero-order valence-corrected chi connectivity index (χ0v) is 13.5. The molecule has 0 bridgehead atoms. The van der Waals surface area contributed by atoms with Gasteiger partial charge in [-0.15, -0.1) is 0 Å². The molecule has 0 atom stereocenters. The summed E-state index contributed by atoms with van der Waals surface area (Å²) in [6.07, 6.45) is -0.236. The lowest BCUT2D eigenvalue weighted by Gasteiger charge is -2.24. The topological polar surface area (TPSA) is 113 Å². The lowest BCUT2D eigenvalue weighted by molar-refractivity contribution is 0.275. The summed E-state index contributed by atoms with van der Waals surface area (Å²) in [5.74, 6) is -1.21. The van der Waals surface area contributed by atoms with Crippen molar-refractivity contribution >= 4 is 5.69 Å². The maximum Gasteiger partial charge on any atom is 0.444 e. The molecule has 136 valence electrons. The van der Waals surface area contributed by atoms with E-state index < -0.39 is 11.6 Å². The van der Waals surface area contributed by atoms with Gasteiger partial charge in [0.1, 0.15) is 18.2 Å². The predicted octanol–water partition coefficient (Wildman–Crippen LogP) is 2.25. The molecule has 0 fully saturated rings. The fraction of sp³-hybridized carbons (Fsp3) is 0.125. The summed E-state index contributed by atoms with van der Waals surface area (Å²) in [6.45, 7) is 0.00160. The number of anilines is 1. The Balaban J connectivity index is 1.92. The lowest BCUT2D eigenvalue weighted by atomic mass is 10.2. The van der Waals surface area contributed by atoms with Crippen molar-refractivity contribution in [1.82, 2.24) is 9.78 Å². The summed E-state index contributed by atoms with van der Waals surface area (Å²) in [7, 11) is 1.29. The molecule has 3 aromatic rings. The highest BCUT2D eigenvalue weighted by molar-refractivity contribution is 5.61. The highest BCUT2D eigenvalue weighted by Crippen LogP contribution is 2.30. The Morgan fingerprint density at radius 2 is 2.04 bits per heavy atom. The van der Waals surface area contributed by atoms with Gasteiger partial charge in [-0.05, 0) is 29.8 Å². The minimum absolute atomic E-state index is 0.00160. The van der Waals surface area contributed by atoms with Crippen LogP contribution in [0, 0.1) is 11.0 Å². The van der Waals surface area contributed by atoms with Crippen LogP contribution in [0.3, 0.4) is 0 Å². The Hall–Kier alpha value is -3.37. The average Bonchev–Trinajstić information content (AvgIpc) is 3.02. The van der Waals surface area contributed by atoms with Crippen LogP contribution in [0.25, 0.3) is 5.69 Å². The first-order valence-corrected chi connectivity index (χ1v) is 7.30. The van der Waals surface area contributed by atoms with Crippen LogP contribution in [0.2, 0.25) is 0 Å². The zero-order chi connectivity index (χ0) is 18.7. The second-order valence-corrected chi connectivity index (χ2v) is 5.09. The molecule has 0 saturated carbocycles. The molecule has 0 radical (unpaired) electrons. The van der Waals surface area contributed by atoms with Gasteiger partial charge in [0.05, 0.1) is 18.5 Å². The van der Waals surface area contributed by atoms with Gasteiger partial charge in [-0.1, -0.05) is 17.2 Å². The SMILES string of the molecule is COc1nn(-c2ccc(N([O-])O)c(OCc3ccc(F)cc3)c2)c(=O)o1. The average molecular weight is 362 g/mol. The lowest BCUT2D eigenvalue weighted by Crippen LogP contribution is -2.15. The van der Waals surface area contributed by atoms with E-state index in [1.807, 2.05) is 0 Å². The number of benzene rings is 2. The maximum absolute atomic E-state index is 12.9. The highest BCUT2D eigenvalue weighted by Gasteiger charge is 2.14. The van der Waals surface area contributed by atoms with E-state index in [9.17, 15) is 19.6 Å². The maximum atomic E-state index is 12.9. The minimum Gasteiger partial charge on any atom is -0.733 e. The summed E-state index contributed by atoms with van der Waals surface area (Å²) >= 11 is 0. The summed E-state index contributed by atoms with van der Waals surface area (Å²) < 4.78 is 28.9. The van der Waals surface area contributed by atoms with Gasteiger partial charge < -0.3 is 24.3 Å². The van der Waals surface area contributed by atoms with E-state index in [-0.39, 0.29) is 35.0 Å². The number of rotatable bonds is 6. The first kappa shape index (κ1) is 17.5. The molecule has 26 heavy (non-hydrogen) atoms. The van der Waals surface area contributed by atoms with Crippen LogP contribution >= 0.6 is 0 Å². The van der Waals surface area contributed by atoms with Crippen molar-refractivity contribution in [3.05, 3.63) is 69.6 Å². The molecule has 0 aliphatic carbocycles. The number of hydrogen-bond donors (Lipinski definition) is 1. The van der Waals surface area contributed by atoms with Crippen LogP contribution in [-0.2, 0) is 6.61 Å². The van der Waals surface area contributed by atoms with Gasteiger partial charge in [-0.25, -0.2) is 9.18 Å². The quantitative estimate of drug-likeness (QED) is 0.664. The fourth-order valence-corrected chi connectivity index (χ4v) is 2.16. The molecule has 0 aliphatic heterocycles. The van der Waals surface area contributed by atoms with Gasteiger partial charge in [0, 0.05) is 6.07 Å². The third kappa shape index (κ3) is 3.66. The van der Waals surface area contributed by atoms with Crippen molar-refractivity contribution < 1.29 is 23.5 Å². The Labute approximate surface area is 145 Å². The minimum atomic E-state index is -0.804. The predicted molar refractivity (Wildman–Crippen MR) is 87.0 cm³/mol. The molecule has 1 N–H and O–H groups in total. The summed E-state index contributed by atoms with van der Waals surface area (Å²) in [5, 5.41) is 24.0. The molecule has 3 rings (SSSR count). The Bertz CT molecular complexity index is 951. The van der Waals surface area contributed by atoms with Crippen LogP contribution in [-0.4, -0.2) is 22.1 Å². The normalized spacial score (nSPS) is 10.6. The monoisotopic (exact) mass is 362 g/mol. The van der Waals surface area contributed by atoms with Gasteiger partial charge in [-0.2, -0.15) is 4.68 Å². The number of aromatic nitrogens is 2. The third-order valence-corrected chi connectivity index (χ3v) is 3.41. The largest absolute Gasteiger partial charge is 0.733 e. The van der Waals surface area contributed by atoms with Crippen molar-refractivity contribution in [3.63, 3.8) is 0 Å². The van der Waals surface area contributed by atoms with E-state index in [0.717, 1.165) is 4.68 Å². The number of methoxy groups -OCH3 is 1. The van der Waals surface area contributed by atoms with Gasteiger partial charge in [0.25, 0.3) is 0 Å². The second-order valence-electron chi connectivity index (χ2n) is 5.09. The molecular formula is C16H13FN3O6-. The molecule has 1 aromatic heterocycles. The van der Waals surface area contributed by atoms with Gasteiger partial charge >= 0.3 is 11.8 Å².